The van der Waals surface area contributed by atoms with Crippen LogP contribution in [0.1, 0.15) is 7.43 Å². The number of hydrogen-bond donors (Lipinski definition) is 1. The summed E-state index contributed by atoms with van der Waals surface area (Å²) in [5, 5.41) is 2.13. The minimum Gasteiger partial charge on any atom is -0.212 e. The molecule has 0 bridgehead atoms. The topological polar surface area (TPSA) is 71.5 Å². The van der Waals surface area contributed by atoms with Crippen LogP contribution in [-0.2, 0) is 18.3 Å². The maximum atomic E-state index is 11.1. The summed E-state index contributed by atoms with van der Waals surface area (Å²) in [6.07, 6.45) is 1.16. The van der Waals surface area contributed by atoms with Crippen LogP contribution in [0, 0.1) is 0 Å². The number of thiol groups is 1. The van der Waals surface area contributed by atoms with Crippen LogP contribution in [0.2, 0.25) is 15.1 Å². The Balaban J connectivity index is 0. The maximum absolute atomic E-state index is 11.1. The zero-order chi connectivity index (χ0) is 27.9. The first-order valence-electron chi connectivity index (χ1n) is 9.01. The van der Waals surface area contributed by atoms with Crippen molar-refractivity contribution in [2.75, 3.05) is 13.3 Å². The first-order chi connectivity index (χ1) is 16.5. The summed E-state index contributed by atoms with van der Waals surface area (Å²) < 4.78 is 41.7. The number of benzene rings is 3. The Kier molecular flexibility index (Phi) is 21.6. The number of hydrogen-bond acceptors (Lipinski definition) is 7. The monoisotopic (exact) mass is 723 g/mol. The van der Waals surface area contributed by atoms with Crippen LogP contribution in [0.5, 0.6) is 0 Å². The van der Waals surface area contributed by atoms with E-state index in [9.17, 15) is 8.42 Å². The van der Waals surface area contributed by atoms with Gasteiger partial charge in [-0.1, -0.05) is 42.2 Å². The van der Waals surface area contributed by atoms with Gasteiger partial charge in [0.25, 0.3) is 0 Å². The van der Waals surface area contributed by atoms with Gasteiger partial charge in [0.05, 0.1) is 6.26 Å². The molecule has 0 radical (unpaired) electrons. The molecule has 0 N–H and O–H groups in total. The molecular formula is C21H23Cl6NO4S5. The molecule has 0 saturated heterocycles. The van der Waals surface area contributed by atoms with Gasteiger partial charge in [-0.3, -0.25) is 0 Å². The Hall–Kier alpha value is 0.310. The lowest BCUT2D eigenvalue weighted by Gasteiger charge is -2.12. The van der Waals surface area contributed by atoms with E-state index in [2.05, 4.69) is 34.0 Å². The summed E-state index contributed by atoms with van der Waals surface area (Å²) in [6.45, 7) is 0. The van der Waals surface area contributed by atoms with Crippen molar-refractivity contribution in [1.29, 1.82) is 0 Å². The standard InChI is InChI=1S/C8H10ClNO2S2.C6H4Cl2S.C6H5ClS.CH4.Cl2O2S/c1-10(14(2,11)12)13-8-5-3-7(9)4-6-8;7-5-1-3-6(9-8)4-2-5;7-5-1-3-6(8)4-2-5;;1-5(2,3)4/h3-6H,1-2H3;1-4H;1-4,8H;1H4;. The molecule has 0 aliphatic heterocycles. The Morgan fingerprint density at radius 2 is 1.00 bits per heavy atom. The third-order valence-corrected chi connectivity index (χ3v) is 7.99. The molecule has 37 heavy (non-hydrogen) atoms. The highest BCUT2D eigenvalue weighted by Crippen LogP contribution is 2.24. The summed E-state index contributed by atoms with van der Waals surface area (Å²) in [5.74, 6) is 0. The highest BCUT2D eigenvalue weighted by Gasteiger charge is 2.11. The van der Waals surface area contributed by atoms with E-state index in [0.717, 1.165) is 42.9 Å². The summed E-state index contributed by atoms with van der Waals surface area (Å²) in [6, 6.07) is 21.7. The predicted molar refractivity (Wildman–Crippen MR) is 169 cm³/mol. The van der Waals surface area contributed by atoms with Gasteiger partial charge >= 0.3 is 8.26 Å². The number of sulfonamides is 1. The Morgan fingerprint density at radius 3 is 1.27 bits per heavy atom. The molecule has 16 heteroatoms. The van der Waals surface area contributed by atoms with Crippen LogP contribution in [0.25, 0.3) is 0 Å². The lowest BCUT2D eigenvalue weighted by molar-refractivity contribution is 0.571. The van der Waals surface area contributed by atoms with Crippen molar-refractivity contribution in [2.45, 2.75) is 22.1 Å². The van der Waals surface area contributed by atoms with E-state index in [1.807, 2.05) is 48.5 Å². The van der Waals surface area contributed by atoms with Crippen molar-refractivity contribution in [2.24, 2.45) is 0 Å². The summed E-state index contributed by atoms with van der Waals surface area (Å²) in [5.41, 5.74) is 0. The number of rotatable bonds is 4. The third-order valence-electron chi connectivity index (χ3n) is 3.24. The van der Waals surface area contributed by atoms with Crippen molar-refractivity contribution in [3.8, 4) is 0 Å². The molecule has 0 fully saturated rings. The van der Waals surface area contributed by atoms with Crippen molar-refractivity contribution in [3.05, 3.63) is 87.9 Å². The van der Waals surface area contributed by atoms with E-state index in [0.29, 0.717) is 5.02 Å². The van der Waals surface area contributed by atoms with E-state index >= 15 is 0 Å². The number of nitrogens with zero attached hydrogens (tertiary/aromatic N) is 1. The molecule has 0 aliphatic rings. The fourth-order valence-electron chi connectivity index (χ4n) is 1.64. The normalized spacial score (nSPS) is 10.4. The zero-order valence-electron chi connectivity index (χ0n) is 18.4. The zero-order valence-corrected chi connectivity index (χ0v) is 27.1. The van der Waals surface area contributed by atoms with Gasteiger partial charge in [-0.15, -0.1) is 16.3 Å². The second kappa shape index (κ2) is 20.2. The van der Waals surface area contributed by atoms with Gasteiger partial charge in [-0.2, -0.15) is 8.42 Å². The largest absolute Gasteiger partial charge is 0.317 e. The van der Waals surface area contributed by atoms with Gasteiger partial charge in [-0.05, 0) is 106 Å². The lowest BCUT2D eigenvalue weighted by Crippen LogP contribution is -2.17. The smallest absolute Gasteiger partial charge is 0.212 e. The van der Waals surface area contributed by atoms with Crippen molar-refractivity contribution in [3.63, 3.8) is 0 Å². The van der Waals surface area contributed by atoms with Crippen molar-refractivity contribution < 1.29 is 16.8 Å². The fourth-order valence-corrected chi connectivity index (χ4v) is 4.07. The second-order valence-electron chi connectivity index (χ2n) is 6.10. The minimum absolute atomic E-state index is 0. The highest BCUT2D eigenvalue weighted by molar-refractivity contribution is 8.31. The predicted octanol–water partition coefficient (Wildman–Crippen LogP) is 9.80. The first-order valence-corrected chi connectivity index (χ1v) is 18.0. The Labute approximate surface area is 262 Å². The van der Waals surface area contributed by atoms with Gasteiger partial charge < -0.3 is 0 Å². The van der Waals surface area contributed by atoms with Gasteiger partial charge in [0.2, 0.25) is 10.0 Å². The summed E-state index contributed by atoms with van der Waals surface area (Å²) >= 11 is 22.1. The van der Waals surface area contributed by atoms with Crippen LogP contribution < -0.4 is 0 Å². The molecule has 0 aromatic heterocycles. The average Bonchev–Trinajstić information content (AvgIpc) is 2.77. The van der Waals surface area contributed by atoms with Crippen LogP contribution in [0.15, 0.2) is 87.5 Å². The quantitative estimate of drug-likeness (QED) is 0.164. The summed E-state index contributed by atoms with van der Waals surface area (Å²) in [4.78, 5) is 2.79. The highest BCUT2D eigenvalue weighted by atomic mass is 36.0. The van der Waals surface area contributed by atoms with E-state index < -0.39 is 18.3 Å². The molecule has 3 rings (SSSR count). The molecule has 0 heterocycles. The number of halogens is 6. The van der Waals surface area contributed by atoms with Gasteiger partial charge in [0, 0.05) is 58.2 Å². The molecule has 3 aromatic carbocycles. The molecule has 0 saturated carbocycles. The molecular weight excluding hydrogens is 703 g/mol. The van der Waals surface area contributed by atoms with Crippen LogP contribution >= 0.6 is 102 Å². The molecule has 5 nitrogen and oxygen atoms in total. The van der Waals surface area contributed by atoms with Gasteiger partial charge in [0.1, 0.15) is 0 Å². The van der Waals surface area contributed by atoms with E-state index in [4.69, 9.17) is 53.9 Å². The maximum Gasteiger partial charge on any atom is 0.317 e. The second-order valence-corrected chi connectivity index (χ2v) is 16.1. The molecule has 0 aliphatic carbocycles. The van der Waals surface area contributed by atoms with Crippen LogP contribution in [0.4, 0.5) is 0 Å². The molecule has 3 aromatic rings. The van der Waals surface area contributed by atoms with E-state index in [1.54, 1.807) is 24.3 Å². The van der Waals surface area contributed by atoms with E-state index in [1.165, 1.54) is 21.7 Å². The van der Waals surface area contributed by atoms with E-state index in [-0.39, 0.29) is 7.43 Å². The molecule has 0 amide bonds. The Bertz CT molecular complexity index is 1220. The fraction of sp³-hybridized carbons (Fsp3) is 0.143. The minimum atomic E-state index is -3.72. The van der Waals surface area contributed by atoms with Crippen molar-refractivity contribution in [1.82, 2.24) is 3.71 Å². The SMILES string of the molecule is C.CN(Sc1ccc(Cl)cc1)S(C)(=O)=O.ClSc1ccc(Cl)cc1.O=S(=O)(Cl)Cl.Sc1ccc(Cl)cc1. The Morgan fingerprint density at radius 1 is 0.703 bits per heavy atom. The van der Waals surface area contributed by atoms with Gasteiger partial charge in [-0.25, -0.2) is 8.42 Å². The van der Waals surface area contributed by atoms with Gasteiger partial charge in [0.15, 0.2) is 0 Å². The lowest BCUT2D eigenvalue weighted by atomic mass is 10.4. The van der Waals surface area contributed by atoms with Crippen LogP contribution in [0.3, 0.4) is 0 Å². The molecule has 208 valence electrons. The molecule has 0 atom stereocenters. The van der Waals surface area contributed by atoms with Crippen molar-refractivity contribution >= 4 is 121 Å². The molecule has 0 spiro atoms. The van der Waals surface area contributed by atoms with Crippen LogP contribution in [-0.4, -0.2) is 33.8 Å². The first kappa shape index (κ1) is 39.5. The average molecular weight is 726 g/mol. The summed E-state index contributed by atoms with van der Waals surface area (Å²) in [7, 11) is 9.82. The third kappa shape index (κ3) is 23.9. The molecule has 0 unspecified atom stereocenters.